The van der Waals surface area contributed by atoms with Gasteiger partial charge in [0.15, 0.2) is 0 Å². The highest BCUT2D eigenvalue weighted by atomic mass is 35.5. The van der Waals surface area contributed by atoms with E-state index in [0.29, 0.717) is 6.61 Å². The van der Waals surface area contributed by atoms with Crippen LogP contribution in [0.25, 0.3) is 0 Å². The molecule has 1 heterocycles. The molecule has 0 saturated carbocycles. The molecule has 1 aliphatic heterocycles. The van der Waals surface area contributed by atoms with Crippen LogP contribution in [0.15, 0.2) is 58.3 Å². The van der Waals surface area contributed by atoms with Crippen molar-refractivity contribution in [1.82, 2.24) is 0 Å². The fourth-order valence-corrected chi connectivity index (χ4v) is 3.65. The topological polar surface area (TPSA) is 26.3 Å². The molecule has 0 fully saturated rings. The second kappa shape index (κ2) is 7.24. The Labute approximate surface area is 145 Å². The third-order valence-corrected chi connectivity index (χ3v) is 5.03. The molecule has 0 bridgehead atoms. The molecule has 2 nitrogen and oxygen atoms in total. The molecule has 0 spiro atoms. The minimum Gasteiger partial charge on any atom is -0.494 e. The number of halogens is 1. The molecule has 0 amide bonds. The van der Waals surface area contributed by atoms with E-state index >= 15 is 0 Å². The quantitative estimate of drug-likeness (QED) is 0.666. The molecule has 2 aromatic rings. The van der Waals surface area contributed by atoms with Crippen LogP contribution in [0.5, 0.6) is 5.75 Å². The van der Waals surface area contributed by atoms with Gasteiger partial charge in [-0.2, -0.15) is 0 Å². The average molecular weight is 345 g/mol. The zero-order valence-electron chi connectivity index (χ0n) is 12.8. The number of aryl methyl sites for hydroxylation is 1. The summed E-state index contributed by atoms with van der Waals surface area (Å²) < 4.78 is 5.47. The fraction of sp³-hybridized carbons (Fsp3) is 0.211. The Morgan fingerprint density at radius 2 is 1.96 bits per heavy atom. The number of benzene rings is 2. The zero-order chi connectivity index (χ0) is 16.2. The first-order chi connectivity index (χ1) is 11.2. The normalized spacial score (nSPS) is 15.0. The van der Waals surface area contributed by atoms with Crippen LogP contribution in [0.3, 0.4) is 0 Å². The van der Waals surface area contributed by atoms with Gasteiger partial charge in [-0.1, -0.05) is 41.6 Å². The first kappa shape index (κ1) is 16.2. The van der Waals surface area contributed by atoms with Gasteiger partial charge in [0.25, 0.3) is 0 Å². The Hall–Kier alpha value is -1.71. The number of Topliss-reactive ketones (excluding diaryl/α,β-unsaturated/α-hetero) is 1. The first-order valence-corrected chi connectivity index (χ1v) is 8.81. The van der Waals surface area contributed by atoms with Crippen molar-refractivity contribution >= 4 is 29.1 Å². The van der Waals surface area contributed by atoms with Gasteiger partial charge in [0.05, 0.1) is 11.5 Å². The predicted molar refractivity (Wildman–Crippen MR) is 95.7 cm³/mol. The number of carbonyl (C=O) groups is 1. The summed E-state index contributed by atoms with van der Waals surface area (Å²) in [7, 11) is 0. The van der Waals surface area contributed by atoms with Crippen molar-refractivity contribution < 1.29 is 9.53 Å². The molecule has 0 atom stereocenters. The van der Waals surface area contributed by atoms with E-state index < -0.39 is 0 Å². The third kappa shape index (κ3) is 3.80. The van der Waals surface area contributed by atoms with Gasteiger partial charge < -0.3 is 4.74 Å². The van der Waals surface area contributed by atoms with E-state index in [0.717, 1.165) is 39.0 Å². The van der Waals surface area contributed by atoms with Crippen molar-refractivity contribution in [3.63, 3.8) is 0 Å². The smallest absolute Gasteiger partial charge is 0.200 e. The van der Waals surface area contributed by atoms with Gasteiger partial charge in [-0.15, -0.1) is 0 Å². The molecule has 1 aliphatic rings. The van der Waals surface area contributed by atoms with Crippen molar-refractivity contribution in [2.24, 2.45) is 0 Å². The second-order valence-electron chi connectivity index (χ2n) is 5.26. The summed E-state index contributed by atoms with van der Waals surface area (Å²) in [4.78, 5) is 14.3. The summed E-state index contributed by atoms with van der Waals surface area (Å²) in [5, 5.41) is 0.745. The van der Waals surface area contributed by atoms with Gasteiger partial charge in [-0.25, -0.2) is 0 Å². The molecule has 0 radical (unpaired) electrons. The van der Waals surface area contributed by atoms with Gasteiger partial charge in [0.1, 0.15) is 5.75 Å². The van der Waals surface area contributed by atoms with Crippen molar-refractivity contribution in [1.29, 1.82) is 0 Å². The predicted octanol–water partition coefficient (Wildman–Crippen LogP) is 5.54. The van der Waals surface area contributed by atoms with Crippen molar-refractivity contribution in [2.75, 3.05) is 6.61 Å². The number of ketones is 1. The number of rotatable bonds is 5. The van der Waals surface area contributed by atoms with E-state index in [4.69, 9.17) is 16.3 Å². The van der Waals surface area contributed by atoms with Crippen LogP contribution in [0, 0.1) is 0 Å². The molecule has 0 aliphatic carbocycles. The lowest BCUT2D eigenvalue weighted by Gasteiger charge is -2.03. The molecule has 2 aromatic carbocycles. The fourth-order valence-electron chi connectivity index (χ4n) is 2.48. The summed E-state index contributed by atoms with van der Waals surface area (Å²) in [6.07, 6.45) is 3.76. The second-order valence-corrected chi connectivity index (χ2v) is 6.78. The highest BCUT2D eigenvalue weighted by Crippen LogP contribution is 2.41. The molecule has 0 aromatic heterocycles. The number of ether oxygens (including phenoxy) is 1. The zero-order valence-corrected chi connectivity index (χ0v) is 14.4. The van der Waals surface area contributed by atoms with Gasteiger partial charge in [-0.05, 0) is 55.7 Å². The molecule has 3 rings (SSSR count). The monoisotopic (exact) mass is 344 g/mol. The largest absolute Gasteiger partial charge is 0.494 e. The third-order valence-electron chi connectivity index (χ3n) is 3.63. The molecule has 23 heavy (non-hydrogen) atoms. The van der Waals surface area contributed by atoms with Crippen molar-refractivity contribution in [3.05, 3.63) is 69.6 Å². The van der Waals surface area contributed by atoms with Crippen LogP contribution in [0.1, 0.15) is 29.3 Å². The lowest BCUT2D eigenvalue weighted by Crippen LogP contribution is -1.97. The molecule has 0 N–H and O–H groups in total. The van der Waals surface area contributed by atoms with E-state index in [9.17, 15) is 4.79 Å². The summed E-state index contributed by atoms with van der Waals surface area (Å²) in [6.45, 7) is 2.54. The number of thioether (sulfide) groups is 1. The Balaban J connectivity index is 1.67. The number of carbonyl (C=O) groups excluding carboxylic acids is 1. The van der Waals surface area contributed by atoms with Crippen molar-refractivity contribution in [2.45, 2.75) is 24.7 Å². The maximum absolute atomic E-state index is 12.5. The Morgan fingerprint density at radius 1 is 1.17 bits per heavy atom. The number of hydrogen-bond donors (Lipinski definition) is 0. The molecule has 118 valence electrons. The van der Waals surface area contributed by atoms with Crippen LogP contribution < -0.4 is 4.74 Å². The van der Waals surface area contributed by atoms with E-state index in [1.807, 2.05) is 55.5 Å². The summed E-state index contributed by atoms with van der Waals surface area (Å²) in [6, 6.07) is 13.5. The van der Waals surface area contributed by atoms with Crippen LogP contribution in [0.2, 0.25) is 5.02 Å². The lowest BCUT2D eigenvalue weighted by atomic mass is 10.1. The van der Waals surface area contributed by atoms with Crippen LogP contribution in [-0.4, -0.2) is 12.4 Å². The first-order valence-electron chi connectivity index (χ1n) is 7.61. The van der Waals surface area contributed by atoms with Crippen LogP contribution >= 0.6 is 23.4 Å². The SMILES string of the molecule is CCOc1ccc2c(c1)C(=O)/C(=C/CCc1ccc(Cl)cc1)S2. The minimum atomic E-state index is 0.0997. The number of hydrogen-bond acceptors (Lipinski definition) is 3. The van der Waals surface area contributed by atoms with E-state index in [2.05, 4.69) is 0 Å². The lowest BCUT2D eigenvalue weighted by molar-refractivity contribution is 0.104. The standard InChI is InChI=1S/C19H17ClO2S/c1-2-22-15-10-11-17-16(12-15)19(21)18(23-17)5-3-4-13-6-8-14(20)9-7-13/h5-12H,2-4H2,1H3/b18-5-. The van der Waals surface area contributed by atoms with Crippen molar-refractivity contribution in [3.8, 4) is 5.75 Å². The van der Waals surface area contributed by atoms with E-state index in [1.54, 1.807) is 11.8 Å². The number of fused-ring (bicyclic) bond motifs is 1. The Kier molecular flexibility index (Phi) is 5.09. The van der Waals surface area contributed by atoms with Gasteiger partial charge in [0.2, 0.25) is 5.78 Å². The molecular formula is C19H17ClO2S. The molecule has 0 saturated heterocycles. The number of allylic oxidation sites excluding steroid dienone is 2. The van der Waals surface area contributed by atoms with E-state index in [1.165, 1.54) is 5.56 Å². The van der Waals surface area contributed by atoms with Crippen LogP contribution in [0.4, 0.5) is 0 Å². The maximum Gasteiger partial charge on any atom is 0.200 e. The van der Waals surface area contributed by atoms with Crippen LogP contribution in [-0.2, 0) is 6.42 Å². The highest BCUT2D eigenvalue weighted by molar-refractivity contribution is 8.04. The average Bonchev–Trinajstić information content (AvgIpc) is 2.86. The molecular weight excluding hydrogens is 328 g/mol. The summed E-state index contributed by atoms with van der Waals surface area (Å²) in [5.41, 5.74) is 1.97. The minimum absolute atomic E-state index is 0.0997. The van der Waals surface area contributed by atoms with Gasteiger partial charge in [-0.3, -0.25) is 4.79 Å². The summed E-state index contributed by atoms with van der Waals surface area (Å²) >= 11 is 7.43. The molecule has 0 unspecified atom stereocenters. The maximum atomic E-state index is 12.5. The van der Waals surface area contributed by atoms with E-state index in [-0.39, 0.29) is 5.78 Å². The highest BCUT2D eigenvalue weighted by Gasteiger charge is 2.26. The Morgan fingerprint density at radius 3 is 2.70 bits per heavy atom. The summed E-state index contributed by atoms with van der Waals surface area (Å²) in [5.74, 6) is 0.852. The van der Waals surface area contributed by atoms with Gasteiger partial charge in [0, 0.05) is 15.5 Å². The van der Waals surface area contributed by atoms with Gasteiger partial charge >= 0.3 is 0 Å². The Bertz CT molecular complexity index is 750. The molecule has 4 heteroatoms.